The highest BCUT2D eigenvalue weighted by Gasteiger charge is 2.23. The molecule has 1 aliphatic heterocycles. The van der Waals surface area contributed by atoms with E-state index in [1.54, 1.807) is 6.07 Å². The molecule has 0 aromatic carbocycles. The predicted molar refractivity (Wildman–Crippen MR) is 74.9 cm³/mol. The van der Waals surface area contributed by atoms with Gasteiger partial charge in [0, 0.05) is 44.0 Å². The fourth-order valence-electron chi connectivity index (χ4n) is 2.99. The molecule has 0 amide bonds. The maximum absolute atomic E-state index is 11.4. The fraction of sp³-hybridized carbons (Fsp3) is 0.643. The molecule has 0 spiro atoms. The summed E-state index contributed by atoms with van der Waals surface area (Å²) in [7, 11) is 2.16. The first-order chi connectivity index (χ1) is 9.22. The quantitative estimate of drug-likeness (QED) is 0.815. The van der Waals surface area contributed by atoms with Crippen molar-refractivity contribution in [2.45, 2.75) is 25.3 Å². The van der Waals surface area contributed by atoms with Gasteiger partial charge in [-0.1, -0.05) is 6.07 Å². The molecule has 0 saturated carbocycles. The smallest absolute Gasteiger partial charge is 0.248 e. The summed E-state index contributed by atoms with van der Waals surface area (Å²) in [6.45, 7) is 4.34. The van der Waals surface area contributed by atoms with Crippen LogP contribution in [0.3, 0.4) is 0 Å². The van der Waals surface area contributed by atoms with Crippen molar-refractivity contribution in [2.75, 3.05) is 33.2 Å². The summed E-state index contributed by atoms with van der Waals surface area (Å²) in [5, 5.41) is 2.32. The van der Waals surface area contributed by atoms with Crippen LogP contribution in [0.25, 0.3) is 0 Å². The molecule has 1 unspecified atom stereocenters. The van der Waals surface area contributed by atoms with E-state index in [1.807, 2.05) is 6.07 Å². The maximum atomic E-state index is 11.4. The van der Waals surface area contributed by atoms with Gasteiger partial charge in [0.1, 0.15) is 0 Å². The van der Waals surface area contributed by atoms with E-state index in [1.165, 1.54) is 5.56 Å². The summed E-state index contributed by atoms with van der Waals surface area (Å²) in [6, 6.07) is 3.98. The van der Waals surface area contributed by atoms with Crippen LogP contribution < -0.4 is 11.0 Å². The molecule has 1 saturated heterocycles. The van der Waals surface area contributed by atoms with Crippen LogP contribution in [0.15, 0.2) is 16.9 Å². The molecule has 3 rings (SSSR count). The summed E-state index contributed by atoms with van der Waals surface area (Å²) in [4.78, 5) is 16.7. The Morgan fingerprint density at radius 2 is 2.05 bits per heavy atom. The highest BCUT2D eigenvalue weighted by atomic mass is 16.1. The molecule has 0 bridgehead atoms. The van der Waals surface area contributed by atoms with E-state index >= 15 is 0 Å². The maximum Gasteiger partial charge on any atom is 0.248 e. The second-order valence-electron chi connectivity index (χ2n) is 5.62. The Bertz CT molecular complexity index is 490. The van der Waals surface area contributed by atoms with Gasteiger partial charge in [-0.2, -0.15) is 0 Å². The molecule has 5 nitrogen and oxygen atoms in total. The average molecular weight is 262 g/mol. The van der Waals surface area contributed by atoms with E-state index in [-0.39, 0.29) is 5.56 Å². The van der Waals surface area contributed by atoms with Crippen molar-refractivity contribution in [2.24, 2.45) is 0 Å². The van der Waals surface area contributed by atoms with Crippen molar-refractivity contribution in [1.82, 2.24) is 20.3 Å². The number of piperazine rings is 1. The highest BCUT2D eigenvalue weighted by molar-refractivity contribution is 5.26. The number of likely N-dealkylation sites (N-methyl/N-ethyl adjacent to an activating group) is 1. The number of aryl methyl sites for hydroxylation is 1. The zero-order valence-corrected chi connectivity index (χ0v) is 11.5. The van der Waals surface area contributed by atoms with Crippen molar-refractivity contribution >= 4 is 0 Å². The second kappa shape index (κ2) is 5.45. The van der Waals surface area contributed by atoms with E-state index < -0.39 is 0 Å². The number of pyridine rings is 1. The Hall–Kier alpha value is -1.17. The minimum atomic E-state index is 0.0130. The van der Waals surface area contributed by atoms with Gasteiger partial charge in [-0.15, -0.1) is 0 Å². The van der Waals surface area contributed by atoms with Gasteiger partial charge in [0.05, 0.1) is 0 Å². The van der Waals surface area contributed by atoms with Gasteiger partial charge in [0.2, 0.25) is 5.56 Å². The number of rotatable bonds is 2. The SMILES string of the molecule is CN1CCN(NC2CCCc3[nH]c(=O)ccc32)CC1. The van der Waals surface area contributed by atoms with E-state index in [0.29, 0.717) is 6.04 Å². The first kappa shape index (κ1) is 12.8. The van der Waals surface area contributed by atoms with Crippen LogP contribution in [-0.4, -0.2) is 48.1 Å². The standard InChI is InChI=1S/C14H22N4O/c1-17-7-9-18(10-8-17)16-13-4-2-3-12-11(13)5-6-14(19)15-12/h5-6,13,16H,2-4,7-10H2,1H3,(H,15,19). The van der Waals surface area contributed by atoms with Crippen LogP contribution in [0, 0.1) is 0 Å². The van der Waals surface area contributed by atoms with E-state index in [2.05, 4.69) is 27.4 Å². The van der Waals surface area contributed by atoms with Crippen LogP contribution in [-0.2, 0) is 6.42 Å². The van der Waals surface area contributed by atoms with E-state index in [0.717, 1.165) is 51.1 Å². The Labute approximate surface area is 113 Å². The molecule has 104 valence electrons. The Morgan fingerprint density at radius 1 is 1.26 bits per heavy atom. The molecule has 19 heavy (non-hydrogen) atoms. The summed E-state index contributed by atoms with van der Waals surface area (Å²) < 4.78 is 0. The summed E-state index contributed by atoms with van der Waals surface area (Å²) in [5.74, 6) is 0. The Morgan fingerprint density at radius 3 is 2.84 bits per heavy atom. The molecule has 0 radical (unpaired) electrons. The number of aromatic nitrogens is 1. The number of hydrazine groups is 1. The third-order valence-electron chi connectivity index (χ3n) is 4.17. The number of hydrogen-bond donors (Lipinski definition) is 2. The molecule has 5 heteroatoms. The molecule has 1 atom stereocenters. The number of aromatic amines is 1. The summed E-state index contributed by atoms with van der Waals surface area (Å²) >= 11 is 0. The first-order valence-electron chi connectivity index (χ1n) is 7.14. The largest absolute Gasteiger partial charge is 0.326 e. The number of H-pyrrole nitrogens is 1. The lowest BCUT2D eigenvalue weighted by Crippen LogP contribution is -2.52. The molecule has 2 heterocycles. The fourth-order valence-corrected chi connectivity index (χ4v) is 2.99. The van der Waals surface area contributed by atoms with Gasteiger partial charge in [-0.25, -0.2) is 10.4 Å². The lowest BCUT2D eigenvalue weighted by Gasteiger charge is -2.37. The molecular weight excluding hydrogens is 240 g/mol. The third-order valence-corrected chi connectivity index (χ3v) is 4.17. The monoisotopic (exact) mass is 262 g/mol. The van der Waals surface area contributed by atoms with Gasteiger partial charge in [-0.3, -0.25) is 4.79 Å². The average Bonchev–Trinajstić information content (AvgIpc) is 2.41. The van der Waals surface area contributed by atoms with Gasteiger partial charge < -0.3 is 9.88 Å². The molecule has 2 aliphatic rings. The van der Waals surface area contributed by atoms with Gasteiger partial charge in [0.25, 0.3) is 0 Å². The van der Waals surface area contributed by atoms with Gasteiger partial charge in [-0.05, 0) is 31.9 Å². The van der Waals surface area contributed by atoms with Crippen molar-refractivity contribution in [3.05, 3.63) is 33.7 Å². The molecular formula is C14H22N4O. The molecule has 1 aromatic heterocycles. The number of nitrogens with zero attached hydrogens (tertiary/aromatic N) is 2. The molecule has 2 N–H and O–H groups in total. The Balaban J connectivity index is 1.71. The number of hydrogen-bond acceptors (Lipinski definition) is 4. The van der Waals surface area contributed by atoms with Gasteiger partial charge >= 0.3 is 0 Å². The van der Waals surface area contributed by atoms with Crippen LogP contribution >= 0.6 is 0 Å². The van der Waals surface area contributed by atoms with E-state index in [9.17, 15) is 4.79 Å². The first-order valence-corrected chi connectivity index (χ1v) is 7.14. The molecule has 1 fully saturated rings. The summed E-state index contributed by atoms with van der Waals surface area (Å²) in [5.41, 5.74) is 6.04. The lowest BCUT2D eigenvalue weighted by atomic mass is 9.92. The normalized spacial score (nSPS) is 25.2. The van der Waals surface area contributed by atoms with Crippen LogP contribution in [0.5, 0.6) is 0 Å². The van der Waals surface area contributed by atoms with Gasteiger partial charge in [0.15, 0.2) is 0 Å². The zero-order chi connectivity index (χ0) is 13.2. The minimum absolute atomic E-state index is 0.0130. The Kier molecular flexibility index (Phi) is 3.68. The third kappa shape index (κ3) is 2.88. The van der Waals surface area contributed by atoms with Crippen molar-refractivity contribution < 1.29 is 0 Å². The zero-order valence-electron chi connectivity index (χ0n) is 11.5. The van der Waals surface area contributed by atoms with Crippen molar-refractivity contribution in [3.63, 3.8) is 0 Å². The highest BCUT2D eigenvalue weighted by Crippen LogP contribution is 2.27. The molecule has 1 aromatic rings. The number of fused-ring (bicyclic) bond motifs is 1. The van der Waals surface area contributed by atoms with Crippen LogP contribution in [0.2, 0.25) is 0 Å². The molecule has 1 aliphatic carbocycles. The minimum Gasteiger partial charge on any atom is -0.326 e. The van der Waals surface area contributed by atoms with Crippen molar-refractivity contribution in [3.8, 4) is 0 Å². The lowest BCUT2D eigenvalue weighted by molar-refractivity contribution is 0.0826. The van der Waals surface area contributed by atoms with E-state index in [4.69, 9.17) is 0 Å². The second-order valence-corrected chi connectivity index (χ2v) is 5.62. The topological polar surface area (TPSA) is 51.4 Å². The summed E-state index contributed by atoms with van der Waals surface area (Å²) in [6.07, 6.45) is 3.27. The van der Waals surface area contributed by atoms with Crippen molar-refractivity contribution in [1.29, 1.82) is 0 Å². The van der Waals surface area contributed by atoms with Crippen LogP contribution in [0.1, 0.15) is 30.1 Å². The van der Waals surface area contributed by atoms with Crippen LogP contribution in [0.4, 0.5) is 0 Å². The predicted octanol–water partition coefficient (Wildman–Crippen LogP) is 0.504. The number of nitrogens with one attached hydrogen (secondary N) is 2.